The molecule has 0 radical (unpaired) electrons. The summed E-state index contributed by atoms with van der Waals surface area (Å²) in [6, 6.07) is -0.0472. The van der Waals surface area contributed by atoms with Crippen molar-refractivity contribution in [3.8, 4) is 0 Å². The molecule has 1 unspecified atom stereocenters. The predicted octanol–water partition coefficient (Wildman–Crippen LogP) is -0.124. The van der Waals surface area contributed by atoms with Gasteiger partial charge in [-0.2, -0.15) is 0 Å². The summed E-state index contributed by atoms with van der Waals surface area (Å²) in [7, 11) is 1.59. The minimum absolute atomic E-state index is 0.0463. The summed E-state index contributed by atoms with van der Waals surface area (Å²) in [5, 5.41) is 2.78. The molecule has 4 nitrogen and oxygen atoms in total. The van der Waals surface area contributed by atoms with Crippen LogP contribution in [0.2, 0.25) is 0 Å². The molecule has 3 N–H and O–H groups in total. The maximum absolute atomic E-state index is 11.1. The Morgan fingerprint density at radius 1 is 1.67 bits per heavy atom. The Morgan fingerprint density at radius 2 is 2.33 bits per heavy atom. The average molecular weight is 174 g/mol. The van der Waals surface area contributed by atoms with Crippen molar-refractivity contribution in [1.82, 2.24) is 5.32 Å². The second-order valence-electron chi connectivity index (χ2n) is 2.71. The molecule has 0 aromatic heterocycles. The van der Waals surface area contributed by atoms with Crippen molar-refractivity contribution in [2.24, 2.45) is 5.73 Å². The highest BCUT2D eigenvalue weighted by molar-refractivity contribution is 5.76. The number of carbonyl (C=O) groups excluding carboxylic acids is 1. The SMILES string of the molecule is CCCC(=O)NC(CN)COC. The molecule has 12 heavy (non-hydrogen) atoms. The molecule has 0 heterocycles. The summed E-state index contributed by atoms with van der Waals surface area (Å²) < 4.78 is 4.88. The molecule has 0 aliphatic heterocycles. The molecule has 0 fully saturated rings. The highest BCUT2D eigenvalue weighted by Gasteiger charge is 2.08. The number of hydrogen-bond donors (Lipinski definition) is 2. The van der Waals surface area contributed by atoms with E-state index in [9.17, 15) is 4.79 Å². The molecule has 0 rings (SSSR count). The van der Waals surface area contributed by atoms with Gasteiger partial charge in [-0.25, -0.2) is 0 Å². The lowest BCUT2D eigenvalue weighted by atomic mass is 10.2. The summed E-state index contributed by atoms with van der Waals surface area (Å²) in [6.45, 7) is 2.86. The van der Waals surface area contributed by atoms with Gasteiger partial charge in [0.15, 0.2) is 0 Å². The fourth-order valence-corrected chi connectivity index (χ4v) is 0.897. The monoisotopic (exact) mass is 174 g/mol. The standard InChI is InChI=1S/C8H18N2O2/c1-3-4-8(11)10-7(5-9)6-12-2/h7H,3-6,9H2,1-2H3,(H,10,11). The van der Waals surface area contributed by atoms with E-state index in [0.717, 1.165) is 6.42 Å². The number of hydrogen-bond acceptors (Lipinski definition) is 3. The second-order valence-corrected chi connectivity index (χ2v) is 2.71. The number of ether oxygens (including phenoxy) is 1. The van der Waals surface area contributed by atoms with E-state index >= 15 is 0 Å². The van der Waals surface area contributed by atoms with Crippen molar-refractivity contribution < 1.29 is 9.53 Å². The first-order valence-electron chi connectivity index (χ1n) is 4.23. The third-order valence-electron chi connectivity index (χ3n) is 1.49. The quantitative estimate of drug-likeness (QED) is 0.590. The third-order valence-corrected chi connectivity index (χ3v) is 1.49. The van der Waals surface area contributed by atoms with Gasteiger partial charge in [-0.3, -0.25) is 4.79 Å². The molecule has 0 aliphatic carbocycles. The van der Waals surface area contributed by atoms with Gasteiger partial charge in [-0.15, -0.1) is 0 Å². The lowest BCUT2D eigenvalue weighted by molar-refractivity contribution is -0.122. The van der Waals surface area contributed by atoms with Crippen LogP contribution in [0.15, 0.2) is 0 Å². The normalized spacial score (nSPS) is 12.6. The van der Waals surface area contributed by atoms with Crippen molar-refractivity contribution in [1.29, 1.82) is 0 Å². The van der Waals surface area contributed by atoms with Gasteiger partial charge < -0.3 is 15.8 Å². The van der Waals surface area contributed by atoms with E-state index in [0.29, 0.717) is 19.6 Å². The Hall–Kier alpha value is -0.610. The minimum atomic E-state index is -0.0472. The highest BCUT2D eigenvalue weighted by atomic mass is 16.5. The van der Waals surface area contributed by atoms with Gasteiger partial charge in [0.2, 0.25) is 5.91 Å². The van der Waals surface area contributed by atoms with Crippen LogP contribution in [0.25, 0.3) is 0 Å². The van der Waals surface area contributed by atoms with Crippen LogP contribution < -0.4 is 11.1 Å². The van der Waals surface area contributed by atoms with Crippen LogP contribution in [0.1, 0.15) is 19.8 Å². The van der Waals surface area contributed by atoms with Crippen molar-refractivity contribution in [3.05, 3.63) is 0 Å². The lowest BCUT2D eigenvalue weighted by Gasteiger charge is -2.15. The molecular weight excluding hydrogens is 156 g/mol. The van der Waals surface area contributed by atoms with Gasteiger partial charge in [-0.05, 0) is 6.42 Å². The summed E-state index contributed by atoms with van der Waals surface area (Å²) in [4.78, 5) is 11.1. The van der Waals surface area contributed by atoms with Gasteiger partial charge in [-0.1, -0.05) is 6.92 Å². The van der Waals surface area contributed by atoms with Crippen LogP contribution >= 0.6 is 0 Å². The largest absolute Gasteiger partial charge is 0.383 e. The summed E-state index contributed by atoms with van der Waals surface area (Å²) in [5.41, 5.74) is 5.41. The molecule has 4 heteroatoms. The first-order valence-corrected chi connectivity index (χ1v) is 4.23. The highest BCUT2D eigenvalue weighted by Crippen LogP contribution is 1.88. The van der Waals surface area contributed by atoms with E-state index in [1.165, 1.54) is 0 Å². The summed E-state index contributed by atoms with van der Waals surface area (Å²) in [5.74, 6) is 0.0463. The van der Waals surface area contributed by atoms with Gasteiger partial charge in [0, 0.05) is 20.1 Å². The second kappa shape index (κ2) is 7.06. The number of nitrogens with one attached hydrogen (secondary N) is 1. The van der Waals surface area contributed by atoms with Crippen LogP contribution in [-0.4, -0.2) is 32.2 Å². The molecule has 1 amide bonds. The van der Waals surface area contributed by atoms with E-state index < -0.39 is 0 Å². The lowest BCUT2D eigenvalue weighted by Crippen LogP contribution is -2.43. The van der Waals surface area contributed by atoms with Gasteiger partial charge in [0.05, 0.1) is 12.6 Å². The van der Waals surface area contributed by atoms with Gasteiger partial charge in [0.1, 0.15) is 0 Å². The Kier molecular flexibility index (Phi) is 6.70. The van der Waals surface area contributed by atoms with Gasteiger partial charge in [0.25, 0.3) is 0 Å². The fourth-order valence-electron chi connectivity index (χ4n) is 0.897. The smallest absolute Gasteiger partial charge is 0.220 e. The molecule has 0 aliphatic rings. The van der Waals surface area contributed by atoms with Crippen LogP contribution in [0.5, 0.6) is 0 Å². The zero-order valence-electron chi connectivity index (χ0n) is 7.80. The van der Waals surface area contributed by atoms with Crippen molar-refractivity contribution in [3.63, 3.8) is 0 Å². The first-order chi connectivity index (χ1) is 5.74. The summed E-state index contributed by atoms with van der Waals surface area (Å²) in [6.07, 6.45) is 1.41. The summed E-state index contributed by atoms with van der Waals surface area (Å²) >= 11 is 0. The molecular formula is C8H18N2O2. The van der Waals surface area contributed by atoms with Crippen LogP contribution in [0.4, 0.5) is 0 Å². The maximum atomic E-state index is 11.1. The molecule has 0 saturated carbocycles. The zero-order chi connectivity index (χ0) is 9.40. The first kappa shape index (κ1) is 11.4. The number of amides is 1. The molecule has 0 spiro atoms. The number of carbonyl (C=O) groups is 1. The third kappa shape index (κ3) is 5.09. The molecule has 1 atom stereocenters. The molecule has 72 valence electrons. The Balaban J connectivity index is 3.61. The van der Waals surface area contributed by atoms with E-state index in [4.69, 9.17) is 10.5 Å². The van der Waals surface area contributed by atoms with Crippen LogP contribution in [0, 0.1) is 0 Å². The average Bonchev–Trinajstić information content (AvgIpc) is 2.04. The molecule has 0 bridgehead atoms. The van der Waals surface area contributed by atoms with E-state index in [1.807, 2.05) is 6.92 Å². The Labute approximate surface area is 73.5 Å². The van der Waals surface area contributed by atoms with Crippen molar-refractivity contribution in [2.75, 3.05) is 20.3 Å². The van der Waals surface area contributed by atoms with Crippen molar-refractivity contribution >= 4 is 5.91 Å². The molecule has 0 saturated heterocycles. The van der Waals surface area contributed by atoms with Gasteiger partial charge >= 0.3 is 0 Å². The van der Waals surface area contributed by atoms with Crippen LogP contribution in [-0.2, 0) is 9.53 Å². The predicted molar refractivity (Wildman–Crippen MR) is 47.8 cm³/mol. The molecule has 0 aromatic rings. The van der Waals surface area contributed by atoms with E-state index in [-0.39, 0.29) is 11.9 Å². The number of nitrogens with two attached hydrogens (primary N) is 1. The zero-order valence-corrected chi connectivity index (χ0v) is 7.80. The molecule has 0 aromatic carbocycles. The fraction of sp³-hybridized carbons (Fsp3) is 0.875. The Morgan fingerprint density at radius 3 is 2.75 bits per heavy atom. The topological polar surface area (TPSA) is 64.4 Å². The number of rotatable bonds is 6. The number of methoxy groups -OCH3 is 1. The minimum Gasteiger partial charge on any atom is -0.383 e. The Bertz CT molecular complexity index is 128. The van der Waals surface area contributed by atoms with Crippen LogP contribution in [0.3, 0.4) is 0 Å². The maximum Gasteiger partial charge on any atom is 0.220 e. The van der Waals surface area contributed by atoms with Crippen molar-refractivity contribution in [2.45, 2.75) is 25.8 Å². The van der Waals surface area contributed by atoms with E-state index in [1.54, 1.807) is 7.11 Å². The van der Waals surface area contributed by atoms with E-state index in [2.05, 4.69) is 5.32 Å².